The first-order valence-electron chi connectivity index (χ1n) is 20.2. The van der Waals surface area contributed by atoms with Gasteiger partial charge < -0.3 is 35.8 Å². The maximum atomic E-state index is 14.4. The first-order valence-corrected chi connectivity index (χ1v) is 20.2. The van der Waals surface area contributed by atoms with Crippen LogP contribution in [0.15, 0.2) is 138 Å². The fourth-order valence-electron chi connectivity index (χ4n) is 8.38. The lowest BCUT2D eigenvalue weighted by molar-refractivity contribution is 0.470. The Morgan fingerprint density at radius 2 is 1.31 bits per heavy atom. The van der Waals surface area contributed by atoms with Gasteiger partial charge in [-0.3, -0.25) is 14.7 Å². The summed E-state index contributed by atoms with van der Waals surface area (Å²) in [7, 11) is 1.84. The minimum atomic E-state index is -0.294. The van der Waals surface area contributed by atoms with Crippen LogP contribution in [0.4, 0.5) is 17.2 Å². The predicted molar refractivity (Wildman–Crippen MR) is 246 cm³/mol. The highest BCUT2D eigenvalue weighted by atomic mass is 16.5. The molecule has 7 aromatic heterocycles. The molecule has 64 heavy (non-hydrogen) atoms. The number of nitrogens with zero attached hydrogens (tertiary/aromatic N) is 9. The molecule has 0 saturated heterocycles. The van der Waals surface area contributed by atoms with E-state index in [0.29, 0.717) is 67.6 Å². The van der Waals surface area contributed by atoms with Crippen molar-refractivity contribution >= 4 is 71.7 Å². The van der Waals surface area contributed by atoms with Crippen molar-refractivity contribution in [1.82, 2.24) is 48.9 Å². The molecule has 0 saturated carbocycles. The van der Waals surface area contributed by atoms with Gasteiger partial charge in [0.2, 0.25) is 5.88 Å². The van der Waals surface area contributed by atoms with Crippen LogP contribution in [0.3, 0.4) is 0 Å². The summed E-state index contributed by atoms with van der Waals surface area (Å²) in [6.45, 7) is 0.478. The molecule has 0 aliphatic carbocycles. The van der Waals surface area contributed by atoms with E-state index in [1.54, 1.807) is 43.0 Å². The first-order chi connectivity index (χ1) is 31.1. The van der Waals surface area contributed by atoms with E-state index in [1.807, 2.05) is 101 Å². The van der Waals surface area contributed by atoms with Gasteiger partial charge in [0.25, 0.3) is 11.1 Å². The molecule has 0 atom stereocenters. The average molecular weight is 848 g/mol. The predicted octanol–water partition coefficient (Wildman–Crippen LogP) is 6.70. The number of hydrogen-bond acceptors (Lipinski definition) is 12. The standard InChI is InChI=1S/C47H37N13O4/c1-57-40-18-33(64-45-38-20-52-56-39(38)14-15-51-45)11-12-34(40)36-21-54-60(46(61)42(36)57)25-30-9-8-27(44(50)55-30)24-58-41-19-32(63-31-7-3-6-29(49)17-31)10-13-35(41)37-22-53-59(47(62)43(37)58)23-26-4-2-5-28(48)16-26/h2-22H,23-25,48-49H2,1H3,(H2,50,55)(H,52,56). The fourth-order valence-corrected chi connectivity index (χ4v) is 8.38. The molecular formula is C47H37N13O4. The first kappa shape index (κ1) is 38.0. The van der Waals surface area contributed by atoms with Crippen molar-refractivity contribution in [2.75, 3.05) is 17.2 Å². The van der Waals surface area contributed by atoms with E-state index in [2.05, 4.69) is 25.4 Å². The number of fused-ring (bicyclic) bond motifs is 7. The van der Waals surface area contributed by atoms with Crippen molar-refractivity contribution in [1.29, 1.82) is 0 Å². The summed E-state index contributed by atoms with van der Waals surface area (Å²) in [4.78, 5) is 37.6. The summed E-state index contributed by atoms with van der Waals surface area (Å²) in [5.74, 6) is 2.33. The van der Waals surface area contributed by atoms with Gasteiger partial charge in [0.15, 0.2) is 0 Å². The van der Waals surface area contributed by atoms with Crippen LogP contribution in [0, 0.1) is 0 Å². The highest BCUT2D eigenvalue weighted by molar-refractivity contribution is 6.08. The molecule has 17 heteroatoms. The lowest BCUT2D eigenvalue weighted by atomic mass is 10.2. The van der Waals surface area contributed by atoms with Gasteiger partial charge >= 0.3 is 0 Å². The number of aromatic nitrogens is 10. The van der Waals surface area contributed by atoms with Crippen molar-refractivity contribution in [3.05, 3.63) is 165 Å². The van der Waals surface area contributed by atoms with Crippen LogP contribution in [0.1, 0.15) is 16.8 Å². The SMILES string of the molecule is Cn1c2cc(Oc3nccc4[nH]ncc34)ccc2c2cnn(Cc3ccc(Cn4c5cc(Oc6cccc(N)c6)ccc5c5cnn(Cc6cccc(N)c6)c(=O)c54)c(N)n3)c(=O)c21. The number of benzene rings is 4. The normalized spacial score (nSPS) is 11.7. The lowest BCUT2D eigenvalue weighted by Crippen LogP contribution is -2.25. The second-order valence-corrected chi connectivity index (χ2v) is 15.6. The minimum absolute atomic E-state index is 0.0654. The molecule has 0 bridgehead atoms. The second-order valence-electron chi connectivity index (χ2n) is 15.6. The largest absolute Gasteiger partial charge is 0.457 e. The topological polar surface area (TPSA) is 231 Å². The van der Waals surface area contributed by atoms with E-state index in [1.165, 1.54) is 9.36 Å². The Balaban J connectivity index is 0.928. The molecule has 0 spiro atoms. The molecule has 0 unspecified atom stereocenters. The van der Waals surface area contributed by atoms with Crippen LogP contribution in [-0.4, -0.2) is 48.9 Å². The zero-order valence-corrected chi connectivity index (χ0v) is 34.1. The van der Waals surface area contributed by atoms with E-state index in [-0.39, 0.29) is 36.6 Å². The van der Waals surface area contributed by atoms with Gasteiger partial charge in [0.05, 0.1) is 65.9 Å². The minimum Gasteiger partial charge on any atom is -0.457 e. The summed E-state index contributed by atoms with van der Waals surface area (Å²) >= 11 is 0. The van der Waals surface area contributed by atoms with Crippen LogP contribution in [0.5, 0.6) is 23.1 Å². The third kappa shape index (κ3) is 6.55. The Morgan fingerprint density at radius 3 is 2.09 bits per heavy atom. The van der Waals surface area contributed by atoms with E-state index >= 15 is 0 Å². The zero-order chi connectivity index (χ0) is 43.6. The highest BCUT2D eigenvalue weighted by Crippen LogP contribution is 2.35. The number of aryl methyl sites for hydroxylation is 1. The Kier molecular flexibility index (Phi) is 8.82. The number of ether oxygens (including phenoxy) is 2. The number of nitrogens with one attached hydrogen (secondary N) is 1. The highest BCUT2D eigenvalue weighted by Gasteiger charge is 2.20. The third-order valence-corrected chi connectivity index (χ3v) is 11.4. The maximum Gasteiger partial charge on any atom is 0.291 e. The number of aromatic amines is 1. The molecule has 17 nitrogen and oxygen atoms in total. The number of nitrogens with two attached hydrogens (primary N) is 3. The van der Waals surface area contributed by atoms with Crippen LogP contribution in [0.2, 0.25) is 0 Å². The van der Waals surface area contributed by atoms with Gasteiger partial charge in [-0.1, -0.05) is 24.3 Å². The molecule has 7 N–H and O–H groups in total. The van der Waals surface area contributed by atoms with Gasteiger partial charge in [-0.15, -0.1) is 0 Å². The van der Waals surface area contributed by atoms with Gasteiger partial charge in [-0.25, -0.2) is 19.3 Å². The number of hydrogen-bond donors (Lipinski definition) is 4. The zero-order valence-electron chi connectivity index (χ0n) is 34.1. The summed E-state index contributed by atoms with van der Waals surface area (Å²) in [6, 6.07) is 31.3. The molecule has 11 aromatic rings. The molecule has 0 aliphatic heterocycles. The van der Waals surface area contributed by atoms with Crippen molar-refractivity contribution in [2.45, 2.75) is 19.6 Å². The molecule has 4 aromatic carbocycles. The Hall–Kier alpha value is -8.99. The van der Waals surface area contributed by atoms with Crippen LogP contribution < -0.4 is 37.8 Å². The van der Waals surface area contributed by atoms with Crippen molar-refractivity contribution in [2.24, 2.45) is 7.05 Å². The second kappa shape index (κ2) is 14.9. The van der Waals surface area contributed by atoms with Gasteiger partial charge in [0.1, 0.15) is 34.1 Å². The number of rotatable bonds is 10. The molecule has 11 rings (SSSR count). The lowest BCUT2D eigenvalue weighted by Gasteiger charge is -2.13. The molecule has 0 aliphatic rings. The quantitative estimate of drug-likeness (QED) is 0.105. The number of H-pyrrole nitrogens is 1. The summed E-state index contributed by atoms with van der Waals surface area (Å²) in [6.07, 6.45) is 6.71. The molecule has 0 amide bonds. The summed E-state index contributed by atoms with van der Waals surface area (Å²) < 4.78 is 18.9. The van der Waals surface area contributed by atoms with E-state index in [4.69, 9.17) is 31.7 Å². The van der Waals surface area contributed by atoms with Crippen molar-refractivity contribution in [3.63, 3.8) is 0 Å². The molecule has 0 fully saturated rings. The smallest absolute Gasteiger partial charge is 0.291 e. The molecule has 314 valence electrons. The average Bonchev–Trinajstić information content (AvgIpc) is 3.97. The maximum absolute atomic E-state index is 14.4. The van der Waals surface area contributed by atoms with Crippen molar-refractivity contribution in [3.8, 4) is 23.1 Å². The molecule has 0 radical (unpaired) electrons. The van der Waals surface area contributed by atoms with Gasteiger partial charge in [-0.05, 0) is 66.2 Å². The third-order valence-electron chi connectivity index (χ3n) is 11.4. The van der Waals surface area contributed by atoms with E-state index in [9.17, 15) is 9.59 Å². The van der Waals surface area contributed by atoms with E-state index in [0.717, 1.165) is 38.3 Å². The summed E-state index contributed by atoms with van der Waals surface area (Å²) in [5.41, 5.74) is 24.6. The Morgan fingerprint density at radius 1 is 0.625 bits per heavy atom. The van der Waals surface area contributed by atoms with Crippen LogP contribution in [-0.2, 0) is 26.7 Å². The van der Waals surface area contributed by atoms with Gasteiger partial charge in [0, 0.05) is 69.9 Å². The molecular weight excluding hydrogens is 811 g/mol. The number of nitrogen functional groups attached to an aromatic ring is 3. The van der Waals surface area contributed by atoms with Gasteiger partial charge in [-0.2, -0.15) is 15.3 Å². The van der Waals surface area contributed by atoms with E-state index < -0.39 is 0 Å². The number of anilines is 3. The monoisotopic (exact) mass is 847 g/mol. The Labute approximate surface area is 361 Å². The fraction of sp³-hybridized carbons (Fsp3) is 0.0851. The summed E-state index contributed by atoms with van der Waals surface area (Å²) in [5, 5.41) is 19.9. The Bertz CT molecular complexity index is 3790. The van der Waals surface area contributed by atoms with Crippen molar-refractivity contribution < 1.29 is 9.47 Å². The van der Waals surface area contributed by atoms with Crippen LogP contribution >= 0.6 is 0 Å². The number of pyridine rings is 2. The van der Waals surface area contributed by atoms with Crippen LogP contribution in [0.25, 0.3) is 54.5 Å². The molecule has 7 heterocycles.